The van der Waals surface area contributed by atoms with Crippen LogP contribution in [0.15, 0.2) is 29.2 Å². The molecule has 110 valence electrons. The molecule has 1 aromatic rings. The zero-order valence-electron chi connectivity index (χ0n) is 11.1. The second-order valence-electron chi connectivity index (χ2n) is 4.61. The van der Waals surface area contributed by atoms with Gasteiger partial charge in [0.2, 0.25) is 10.0 Å². The molecule has 0 atom stereocenters. The molecule has 0 radical (unpaired) electrons. The molecule has 0 bridgehead atoms. The third-order valence-electron chi connectivity index (χ3n) is 2.35. The van der Waals surface area contributed by atoms with E-state index in [1.165, 1.54) is 24.3 Å². The van der Waals surface area contributed by atoms with E-state index in [4.69, 9.17) is 16.7 Å². The minimum Gasteiger partial charge on any atom is -0.478 e. The number of hydrogen-bond acceptors (Lipinski definition) is 3. The molecule has 0 saturated carbocycles. The van der Waals surface area contributed by atoms with Gasteiger partial charge in [0.15, 0.2) is 0 Å². The summed E-state index contributed by atoms with van der Waals surface area (Å²) < 4.78 is 26.5. The Morgan fingerprint density at radius 2 is 2.10 bits per heavy atom. The fourth-order valence-electron chi connectivity index (χ4n) is 1.36. The van der Waals surface area contributed by atoms with Gasteiger partial charge in [0.1, 0.15) is 4.90 Å². The molecule has 0 aromatic heterocycles. The first-order valence-electron chi connectivity index (χ1n) is 5.92. The minimum absolute atomic E-state index is 0.0210. The number of nitrogens with one attached hydrogen (secondary N) is 1. The largest absolute Gasteiger partial charge is 0.478 e. The highest BCUT2D eigenvalue weighted by Crippen LogP contribution is 2.23. The Labute approximate surface area is 123 Å². The normalized spacial score (nSPS) is 12.2. The van der Waals surface area contributed by atoms with Crippen LogP contribution in [-0.4, -0.2) is 26.0 Å². The van der Waals surface area contributed by atoms with Crippen molar-refractivity contribution < 1.29 is 18.3 Å². The maximum Gasteiger partial charge on any atom is 0.328 e. The van der Waals surface area contributed by atoms with Gasteiger partial charge in [-0.2, -0.15) is 0 Å². The summed E-state index contributed by atoms with van der Waals surface area (Å²) >= 11 is 5.94. The van der Waals surface area contributed by atoms with E-state index >= 15 is 0 Å². The van der Waals surface area contributed by atoms with E-state index in [1.807, 2.05) is 13.8 Å². The third kappa shape index (κ3) is 4.96. The van der Waals surface area contributed by atoms with Crippen LogP contribution < -0.4 is 4.72 Å². The van der Waals surface area contributed by atoms with Gasteiger partial charge in [-0.05, 0) is 29.7 Å². The number of hydrogen-bond donors (Lipinski definition) is 2. The van der Waals surface area contributed by atoms with Crippen LogP contribution >= 0.6 is 11.6 Å². The first-order chi connectivity index (χ1) is 9.22. The molecule has 0 heterocycles. The van der Waals surface area contributed by atoms with Crippen LogP contribution in [0.2, 0.25) is 5.02 Å². The monoisotopic (exact) mass is 317 g/mol. The second kappa shape index (κ2) is 6.88. The van der Waals surface area contributed by atoms with E-state index in [2.05, 4.69) is 4.72 Å². The standard InChI is InChI=1S/C13H16ClNO4S/c1-9(2)8-15-20(18,19)12-5-3-10(7-11(12)14)4-6-13(16)17/h3-7,9,15H,8H2,1-2H3,(H,16,17). The highest BCUT2D eigenvalue weighted by Gasteiger charge is 2.17. The van der Waals surface area contributed by atoms with E-state index in [9.17, 15) is 13.2 Å². The van der Waals surface area contributed by atoms with Gasteiger partial charge in [0, 0.05) is 12.6 Å². The summed E-state index contributed by atoms with van der Waals surface area (Å²) in [5, 5.41) is 8.57. The van der Waals surface area contributed by atoms with Gasteiger partial charge in [0.25, 0.3) is 0 Å². The lowest BCUT2D eigenvalue weighted by atomic mass is 10.2. The first-order valence-corrected chi connectivity index (χ1v) is 7.78. The molecule has 0 aliphatic carbocycles. The molecule has 5 nitrogen and oxygen atoms in total. The summed E-state index contributed by atoms with van der Waals surface area (Å²) in [5.74, 6) is -0.905. The molecule has 0 unspecified atom stereocenters. The molecule has 0 fully saturated rings. The highest BCUT2D eigenvalue weighted by molar-refractivity contribution is 7.89. The maximum atomic E-state index is 12.0. The summed E-state index contributed by atoms with van der Waals surface area (Å²) in [6.45, 7) is 4.10. The van der Waals surface area contributed by atoms with Crippen molar-refractivity contribution in [3.05, 3.63) is 34.9 Å². The van der Waals surface area contributed by atoms with Crippen LogP contribution in [0.1, 0.15) is 19.4 Å². The maximum absolute atomic E-state index is 12.0. The summed E-state index contributed by atoms with van der Waals surface area (Å²) in [6, 6.07) is 4.26. The number of carboxylic acids is 1. The molecule has 7 heteroatoms. The fraction of sp³-hybridized carbons (Fsp3) is 0.308. The summed E-state index contributed by atoms with van der Waals surface area (Å²) in [6.07, 6.45) is 2.29. The summed E-state index contributed by atoms with van der Waals surface area (Å²) in [4.78, 5) is 10.4. The van der Waals surface area contributed by atoms with Crippen molar-refractivity contribution in [3.63, 3.8) is 0 Å². The molecule has 1 aromatic carbocycles. The van der Waals surface area contributed by atoms with Gasteiger partial charge in [-0.1, -0.05) is 31.5 Å². The van der Waals surface area contributed by atoms with Crippen molar-refractivity contribution in [1.82, 2.24) is 4.72 Å². The topological polar surface area (TPSA) is 83.5 Å². The Morgan fingerprint density at radius 3 is 2.60 bits per heavy atom. The molecule has 2 N–H and O–H groups in total. The number of halogens is 1. The molecule has 0 aliphatic rings. The molecule has 20 heavy (non-hydrogen) atoms. The van der Waals surface area contributed by atoms with E-state index in [1.54, 1.807) is 0 Å². The van der Waals surface area contributed by atoms with E-state index < -0.39 is 16.0 Å². The molecule has 0 aliphatic heterocycles. The SMILES string of the molecule is CC(C)CNS(=O)(=O)c1ccc(C=CC(=O)O)cc1Cl. The van der Waals surface area contributed by atoms with Crippen molar-refractivity contribution in [2.24, 2.45) is 5.92 Å². The van der Waals surface area contributed by atoms with Crippen molar-refractivity contribution >= 4 is 33.7 Å². The van der Waals surface area contributed by atoms with Gasteiger partial charge in [-0.15, -0.1) is 0 Å². The zero-order chi connectivity index (χ0) is 15.3. The van der Waals surface area contributed by atoms with Gasteiger partial charge < -0.3 is 5.11 Å². The molecular formula is C13H16ClNO4S. The predicted octanol–water partition coefficient (Wildman–Crippen LogP) is 2.37. The van der Waals surface area contributed by atoms with Crippen LogP contribution in [0, 0.1) is 5.92 Å². The average molecular weight is 318 g/mol. The Kier molecular flexibility index (Phi) is 5.74. The molecule has 0 amide bonds. The van der Waals surface area contributed by atoms with Crippen LogP contribution in [0.25, 0.3) is 6.08 Å². The lowest BCUT2D eigenvalue weighted by molar-refractivity contribution is -0.131. The Bertz CT molecular complexity index is 623. The van der Waals surface area contributed by atoms with Gasteiger partial charge in [-0.3, -0.25) is 0 Å². The average Bonchev–Trinajstić information content (AvgIpc) is 2.34. The minimum atomic E-state index is -3.66. The van der Waals surface area contributed by atoms with Crippen LogP contribution in [0.5, 0.6) is 0 Å². The van der Waals surface area contributed by atoms with E-state index in [0.29, 0.717) is 12.1 Å². The lowest BCUT2D eigenvalue weighted by Gasteiger charge is -2.10. The number of aliphatic carboxylic acids is 1. The number of carbonyl (C=O) groups is 1. The smallest absolute Gasteiger partial charge is 0.328 e. The van der Waals surface area contributed by atoms with E-state index in [-0.39, 0.29) is 15.8 Å². The van der Waals surface area contributed by atoms with Crippen molar-refractivity contribution in [2.45, 2.75) is 18.7 Å². The van der Waals surface area contributed by atoms with Crippen molar-refractivity contribution in [1.29, 1.82) is 0 Å². The second-order valence-corrected chi connectivity index (χ2v) is 6.75. The Hall–Kier alpha value is -1.37. The van der Waals surface area contributed by atoms with Crippen molar-refractivity contribution in [2.75, 3.05) is 6.54 Å². The Morgan fingerprint density at radius 1 is 1.45 bits per heavy atom. The molecule has 1 rings (SSSR count). The summed E-state index contributed by atoms with van der Waals surface area (Å²) in [7, 11) is -3.66. The van der Waals surface area contributed by atoms with E-state index in [0.717, 1.165) is 6.08 Å². The summed E-state index contributed by atoms with van der Waals surface area (Å²) in [5.41, 5.74) is 0.514. The highest BCUT2D eigenvalue weighted by atomic mass is 35.5. The number of rotatable bonds is 6. The number of sulfonamides is 1. The van der Waals surface area contributed by atoms with Gasteiger partial charge in [-0.25, -0.2) is 17.9 Å². The van der Waals surface area contributed by atoms with Crippen molar-refractivity contribution in [3.8, 4) is 0 Å². The number of carboxylic acid groups (broad SMARTS) is 1. The zero-order valence-corrected chi connectivity index (χ0v) is 12.7. The fourth-order valence-corrected chi connectivity index (χ4v) is 3.13. The van der Waals surface area contributed by atoms with Crippen LogP contribution in [0.3, 0.4) is 0 Å². The Balaban J connectivity index is 3.01. The molecule has 0 saturated heterocycles. The first kappa shape index (κ1) is 16.7. The van der Waals surface area contributed by atoms with Crippen LogP contribution in [0.4, 0.5) is 0 Å². The number of benzene rings is 1. The van der Waals surface area contributed by atoms with Gasteiger partial charge in [0.05, 0.1) is 5.02 Å². The van der Waals surface area contributed by atoms with Gasteiger partial charge >= 0.3 is 5.97 Å². The predicted molar refractivity (Wildman–Crippen MR) is 78.1 cm³/mol. The molecular weight excluding hydrogens is 302 g/mol. The lowest BCUT2D eigenvalue weighted by Crippen LogP contribution is -2.27. The molecule has 0 spiro atoms. The quantitative estimate of drug-likeness (QED) is 0.789. The van der Waals surface area contributed by atoms with Crippen LogP contribution in [-0.2, 0) is 14.8 Å². The third-order valence-corrected chi connectivity index (χ3v) is 4.25.